The van der Waals surface area contributed by atoms with Gasteiger partial charge in [-0.2, -0.15) is 0 Å². The molecule has 1 atom stereocenters. The highest BCUT2D eigenvalue weighted by Gasteiger charge is 2.29. The number of nitrogens with zero attached hydrogens (tertiary/aromatic N) is 3. The molecule has 0 aliphatic heterocycles. The van der Waals surface area contributed by atoms with Gasteiger partial charge in [-0.25, -0.2) is 9.78 Å². The zero-order valence-electron chi connectivity index (χ0n) is 24.5. The Balaban J connectivity index is 1.63. The summed E-state index contributed by atoms with van der Waals surface area (Å²) in [5.74, 6) is 0.547. The van der Waals surface area contributed by atoms with E-state index >= 15 is 0 Å². The molecule has 7 heteroatoms. The van der Waals surface area contributed by atoms with Gasteiger partial charge < -0.3 is 10.2 Å². The quantitative estimate of drug-likeness (QED) is 0.181. The van der Waals surface area contributed by atoms with Gasteiger partial charge in [0.15, 0.2) is 0 Å². The van der Waals surface area contributed by atoms with Crippen molar-refractivity contribution in [1.82, 2.24) is 14.5 Å². The first kappa shape index (κ1) is 29.1. The summed E-state index contributed by atoms with van der Waals surface area (Å²) < 4.78 is 1.69. The Hall–Kier alpha value is -4.36. The van der Waals surface area contributed by atoms with Crippen LogP contribution in [0.15, 0.2) is 107 Å². The molecule has 4 aromatic carbocycles. The lowest BCUT2D eigenvalue weighted by atomic mass is 10.1. The van der Waals surface area contributed by atoms with Crippen LogP contribution in [0.5, 0.6) is 0 Å². The van der Waals surface area contributed by atoms with Crippen LogP contribution in [0.2, 0.25) is 0 Å². The van der Waals surface area contributed by atoms with Crippen LogP contribution in [-0.2, 0) is 6.42 Å². The Labute approximate surface area is 251 Å². The summed E-state index contributed by atoms with van der Waals surface area (Å²) in [5, 5.41) is 3.65. The monoisotopic (exact) mass is 576 g/mol. The highest BCUT2D eigenvalue weighted by atomic mass is 32.2. The molecular formula is C35H36N4O2S. The molecule has 2 amide bonds. The van der Waals surface area contributed by atoms with Gasteiger partial charge in [-0.3, -0.25) is 9.36 Å². The number of nitrogens with one attached hydrogen (secondary N) is 1. The average molecular weight is 577 g/mol. The summed E-state index contributed by atoms with van der Waals surface area (Å²) in [4.78, 5) is 36.2. The summed E-state index contributed by atoms with van der Waals surface area (Å²) in [5.41, 5.74) is 5.29. The van der Waals surface area contributed by atoms with Gasteiger partial charge in [0.1, 0.15) is 5.82 Å². The molecule has 0 saturated carbocycles. The number of fused-ring (bicyclic) bond motifs is 1. The van der Waals surface area contributed by atoms with Gasteiger partial charge >= 0.3 is 6.03 Å². The molecule has 5 rings (SSSR count). The summed E-state index contributed by atoms with van der Waals surface area (Å²) in [6.45, 7) is 6.58. The van der Waals surface area contributed by atoms with E-state index in [-0.39, 0.29) is 11.6 Å². The Bertz CT molecular complexity index is 1750. The minimum atomic E-state index is -0.460. The number of hydrogen-bond donors (Lipinski definition) is 1. The van der Waals surface area contributed by atoms with E-state index in [9.17, 15) is 9.59 Å². The Morgan fingerprint density at radius 2 is 1.64 bits per heavy atom. The lowest BCUT2D eigenvalue weighted by Gasteiger charge is -2.32. The summed E-state index contributed by atoms with van der Waals surface area (Å²) in [7, 11) is 0. The molecule has 0 fully saturated rings. The average Bonchev–Trinajstić information content (AvgIpc) is 3.01. The maximum atomic E-state index is 14.1. The van der Waals surface area contributed by atoms with Gasteiger partial charge in [-0.05, 0) is 98.2 Å². The molecule has 1 heterocycles. The molecule has 1 aromatic heterocycles. The van der Waals surface area contributed by atoms with Crippen LogP contribution >= 0.6 is 11.8 Å². The molecular weight excluding hydrogens is 540 g/mol. The number of urea groups is 1. The van der Waals surface area contributed by atoms with Crippen molar-refractivity contribution in [3.8, 4) is 5.69 Å². The summed E-state index contributed by atoms with van der Waals surface area (Å²) >= 11 is 1.65. The second-order valence-electron chi connectivity index (χ2n) is 10.4. The fourth-order valence-corrected chi connectivity index (χ4v) is 5.60. The van der Waals surface area contributed by atoms with Crippen LogP contribution in [0, 0.1) is 13.8 Å². The standard InChI is InChI=1S/C35H36N4O2S/c1-5-32(33-37-31-14-10-9-13-30(31)34(40)39(33)28-18-15-24(2)25(3)23-28)38(22-21-26-11-7-6-8-12-26)35(41)36-27-16-19-29(42-4)20-17-27/h6-20,23,32H,5,21-22H2,1-4H3,(H,36,41). The minimum Gasteiger partial charge on any atom is -0.314 e. The van der Waals surface area contributed by atoms with E-state index in [1.165, 1.54) is 0 Å². The van der Waals surface area contributed by atoms with E-state index < -0.39 is 6.04 Å². The number of aromatic nitrogens is 2. The third-order valence-corrected chi connectivity index (χ3v) is 8.44. The number of benzene rings is 4. The number of para-hydroxylation sites is 1. The van der Waals surface area contributed by atoms with Crippen molar-refractivity contribution >= 4 is 34.4 Å². The number of aryl methyl sites for hydroxylation is 2. The normalized spacial score (nSPS) is 11.8. The topological polar surface area (TPSA) is 67.2 Å². The van der Waals surface area contributed by atoms with Gasteiger partial charge in [0, 0.05) is 17.1 Å². The lowest BCUT2D eigenvalue weighted by Crippen LogP contribution is -2.42. The predicted molar refractivity (Wildman–Crippen MR) is 174 cm³/mol. The van der Waals surface area contributed by atoms with Gasteiger partial charge in [-0.15, -0.1) is 11.8 Å². The highest BCUT2D eigenvalue weighted by molar-refractivity contribution is 7.98. The first-order valence-electron chi connectivity index (χ1n) is 14.2. The Morgan fingerprint density at radius 3 is 2.33 bits per heavy atom. The van der Waals surface area contributed by atoms with E-state index in [1.54, 1.807) is 16.3 Å². The summed E-state index contributed by atoms with van der Waals surface area (Å²) in [6, 6.07) is 30.7. The van der Waals surface area contributed by atoms with Gasteiger partial charge in [-0.1, -0.05) is 55.5 Å². The highest BCUT2D eigenvalue weighted by Crippen LogP contribution is 2.28. The van der Waals surface area contributed by atoms with Gasteiger partial charge in [0.2, 0.25) is 0 Å². The molecule has 0 aliphatic carbocycles. The van der Waals surface area contributed by atoms with Crippen molar-refractivity contribution in [2.45, 2.75) is 44.6 Å². The molecule has 214 valence electrons. The third kappa shape index (κ3) is 6.26. The van der Waals surface area contributed by atoms with Crippen LogP contribution in [0.1, 0.15) is 41.9 Å². The van der Waals surface area contributed by atoms with Crippen molar-refractivity contribution in [1.29, 1.82) is 0 Å². The van der Waals surface area contributed by atoms with E-state index in [0.717, 1.165) is 33.0 Å². The van der Waals surface area contributed by atoms with E-state index in [4.69, 9.17) is 4.98 Å². The molecule has 6 nitrogen and oxygen atoms in total. The van der Waals surface area contributed by atoms with Crippen molar-refractivity contribution < 1.29 is 4.79 Å². The fourth-order valence-electron chi connectivity index (χ4n) is 5.19. The van der Waals surface area contributed by atoms with Gasteiger partial charge in [0.05, 0.1) is 22.6 Å². The zero-order chi connectivity index (χ0) is 29.6. The van der Waals surface area contributed by atoms with Crippen molar-refractivity contribution in [2.24, 2.45) is 0 Å². The third-order valence-electron chi connectivity index (χ3n) is 7.70. The van der Waals surface area contributed by atoms with Crippen LogP contribution < -0.4 is 10.9 Å². The number of thioether (sulfide) groups is 1. The first-order chi connectivity index (χ1) is 20.4. The van der Waals surface area contributed by atoms with Crippen LogP contribution in [0.25, 0.3) is 16.6 Å². The van der Waals surface area contributed by atoms with E-state index in [2.05, 4.69) is 24.4 Å². The lowest BCUT2D eigenvalue weighted by molar-refractivity contribution is 0.182. The maximum absolute atomic E-state index is 14.1. The molecule has 0 spiro atoms. The SMILES string of the molecule is CCC(c1nc2ccccc2c(=O)n1-c1ccc(C)c(C)c1)N(CCc1ccccc1)C(=O)Nc1ccc(SC)cc1. The molecule has 0 bridgehead atoms. The smallest absolute Gasteiger partial charge is 0.314 e. The Kier molecular flexibility index (Phi) is 9.08. The second kappa shape index (κ2) is 13.1. The van der Waals surface area contributed by atoms with Crippen molar-refractivity contribution in [2.75, 3.05) is 18.1 Å². The molecule has 0 saturated heterocycles. The molecule has 0 radical (unpaired) electrons. The predicted octanol–water partition coefficient (Wildman–Crippen LogP) is 7.95. The number of carbonyl (C=O) groups excluding carboxylic acids is 1. The van der Waals surface area contributed by atoms with Crippen LogP contribution in [0.3, 0.4) is 0 Å². The summed E-state index contributed by atoms with van der Waals surface area (Å²) in [6.07, 6.45) is 3.26. The molecule has 1 unspecified atom stereocenters. The number of hydrogen-bond acceptors (Lipinski definition) is 4. The number of carbonyl (C=O) groups is 1. The second-order valence-corrected chi connectivity index (χ2v) is 11.3. The number of amides is 2. The Morgan fingerprint density at radius 1 is 0.929 bits per heavy atom. The maximum Gasteiger partial charge on any atom is 0.322 e. The molecule has 5 aromatic rings. The number of anilines is 1. The number of rotatable bonds is 9. The van der Waals surface area contributed by atoms with E-state index in [1.807, 2.05) is 110 Å². The first-order valence-corrected chi connectivity index (χ1v) is 15.5. The largest absolute Gasteiger partial charge is 0.322 e. The van der Waals surface area contributed by atoms with Crippen LogP contribution in [0.4, 0.5) is 10.5 Å². The van der Waals surface area contributed by atoms with Crippen molar-refractivity contribution in [3.05, 3.63) is 130 Å². The van der Waals surface area contributed by atoms with Gasteiger partial charge in [0.25, 0.3) is 5.56 Å². The van der Waals surface area contributed by atoms with Crippen LogP contribution in [-0.4, -0.2) is 33.3 Å². The minimum absolute atomic E-state index is 0.145. The zero-order valence-corrected chi connectivity index (χ0v) is 25.3. The van der Waals surface area contributed by atoms with E-state index in [0.29, 0.717) is 36.1 Å². The molecule has 1 N–H and O–H groups in total. The fraction of sp³-hybridized carbons (Fsp3) is 0.229. The molecule has 0 aliphatic rings. The van der Waals surface area contributed by atoms with Crippen molar-refractivity contribution in [3.63, 3.8) is 0 Å². The molecule has 42 heavy (non-hydrogen) atoms.